The molecule has 1 aliphatic rings. The van der Waals surface area contributed by atoms with E-state index in [0.717, 1.165) is 49.7 Å². The van der Waals surface area contributed by atoms with Crippen molar-refractivity contribution in [3.05, 3.63) is 48.3 Å². The Morgan fingerprint density at radius 2 is 2.19 bits per heavy atom. The summed E-state index contributed by atoms with van der Waals surface area (Å²) >= 11 is 0. The molecule has 1 fully saturated rings. The first-order chi connectivity index (χ1) is 13.2. The molecule has 0 spiro atoms. The van der Waals surface area contributed by atoms with Gasteiger partial charge in [-0.3, -0.25) is 0 Å². The molecule has 7 nitrogen and oxygen atoms in total. The van der Waals surface area contributed by atoms with Gasteiger partial charge in [-0.15, -0.1) is 0 Å². The second-order valence-corrected chi connectivity index (χ2v) is 6.94. The molecule has 0 aliphatic carbocycles. The van der Waals surface area contributed by atoms with Gasteiger partial charge in [0, 0.05) is 44.1 Å². The van der Waals surface area contributed by atoms with Crippen molar-refractivity contribution in [2.24, 2.45) is 10.4 Å². The zero-order chi connectivity index (χ0) is 19.0. The molecule has 1 saturated heterocycles. The molecule has 1 aliphatic heterocycles. The van der Waals surface area contributed by atoms with E-state index < -0.39 is 0 Å². The molecule has 1 aromatic heterocycles. The Balaban J connectivity index is 1.59. The number of aliphatic hydroxyl groups is 1. The van der Waals surface area contributed by atoms with Crippen LogP contribution in [-0.2, 0) is 11.3 Å². The minimum absolute atomic E-state index is 0.00362. The van der Waals surface area contributed by atoms with Gasteiger partial charge in [-0.1, -0.05) is 12.1 Å². The summed E-state index contributed by atoms with van der Waals surface area (Å²) in [4.78, 5) is 4.70. The molecule has 3 rings (SSSR count). The van der Waals surface area contributed by atoms with E-state index in [1.807, 2.05) is 29.1 Å². The predicted octanol–water partition coefficient (Wildman–Crippen LogP) is 1.72. The van der Waals surface area contributed by atoms with Crippen molar-refractivity contribution in [1.82, 2.24) is 20.4 Å². The molecule has 7 heteroatoms. The molecular weight excluding hydrogens is 342 g/mol. The van der Waals surface area contributed by atoms with E-state index in [1.165, 1.54) is 0 Å². The van der Waals surface area contributed by atoms with Crippen LogP contribution in [0.5, 0.6) is 0 Å². The van der Waals surface area contributed by atoms with Crippen molar-refractivity contribution in [1.29, 1.82) is 0 Å². The van der Waals surface area contributed by atoms with Gasteiger partial charge in [0.15, 0.2) is 5.96 Å². The number of guanidine groups is 1. The SMILES string of the molecule is CCNC(=NCc1ccc(-n2cccn2)cc1)NCC1(CCO)CCOC1. The number of rotatable bonds is 8. The maximum Gasteiger partial charge on any atom is 0.191 e. The molecule has 27 heavy (non-hydrogen) atoms. The number of aromatic nitrogens is 2. The van der Waals surface area contributed by atoms with Crippen LogP contribution in [0.15, 0.2) is 47.7 Å². The largest absolute Gasteiger partial charge is 0.396 e. The summed E-state index contributed by atoms with van der Waals surface area (Å²) in [5, 5.41) is 20.3. The Bertz CT molecular complexity index is 706. The molecule has 1 atom stereocenters. The van der Waals surface area contributed by atoms with E-state index >= 15 is 0 Å². The molecule has 0 radical (unpaired) electrons. The monoisotopic (exact) mass is 371 g/mol. The van der Waals surface area contributed by atoms with Crippen molar-refractivity contribution >= 4 is 5.96 Å². The van der Waals surface area contributed by atoms with Crippen molar-refractivity contribution in [2.45, 2.75) is 26.3 Å². The van der Waals surface area contributed by atoms with E-state index in [2.05, 4.69) is 34.8 Å². The highest BCUT2D eigenvalue weighted by Gasteiger charge is 2.34. The third-order valence-electron chi connectivity index (χ3n) is 4.93. The second kappa shape index (κ2) is 9.53. The molecule has 146 valence electrons. The van der Waals surface area contributed by atoms with Gasteiger partial charge < -0.3 is 20.5 Å². The van der Waals surface area contributed by atoms with Crippen LogP contribution in [0, 0.1) is 5.41 Å². The van der Waals surface area contributed by atoms with E-state index in [-0.39, 0.29) is 12.0 Å². The summed E-state index contributed by atoms with van der Waals surface area (Å²) in [7, 11) is 0. The smallest absolute Gasteiger partial charge is 0.191 e. The third kappa shape index (κ3) is 5.30. The molecule has 0 amide bonds. The fraction of sp³-hybridized carbons (Fsp3) is 0.500. The number of benzene rings is 1. The molecule has 1 unspecified atom stereocenters. The Morgan fingerprint density at radius 1 is 1.33 bits per heavy atom. The van der Waals surface area contributed by atoms with Crippen LogP contribution in [-0.4, -0.2) is 53.8 Å². The summed E-state index contributed by atoms with van der Waals surface area (Å²) in [6.07, 6.45) is 5.41. The number of nitrogens with zero attached hydrogens (tertiary/aromatic N) is 3. The average molecular weight is 371 g/mol. The highest BCUT2D eigenvalue weighted by Crippen LogP contribution is 2.31. The maximum atomic E-state index is 9.37. The van der Waals surface area contributed by atoms with E-state index in [9.17, 15) is 5.11 Å². The van der Waals surface area contributed by atoms with Crippen molar-refractivity contribution < 1.29 is 9.84 Å². The highest BCUT2D eigenvalue weighted by atomic mass is 16.5. The molecule has 2 aromatic rings. The van der Waals surface area contributed by atoms with Gasteiger partial charge in [-0.05, 0) is 43.5 Å². The van der Waals surface area contributed by atoms with Gasteiger partial charge in [-0.25, -0.2) is 9.67 Å². The molecule has 3 N–H and O–H groups in total. The quantitative estimate of drug-likeness (QED) is 0.486. The zero-order valence-electron chi connectivity index (χ0n) is 15.9. The van der Waals surface area contributed by atoms with Crippen molar-refractivity contribution in [3.63, 3.8) is 0 Å². The Labute approximate surface area is 160 Å². The van der Waals surface area contributed by atoms with Gasteiger partial charge in [0.05, 0.1) is 18.8 Å². The normalized spacial score (nSPS) is 20.0. The number of hydrogen-bond acceptors (Lipinski definition) is 4. The van der Waals surface area contributed by atoms with Gasteiger partial charge >= 0.3 is 0 Å². The van der Waals surface area contributed by atoms with Crippen LogP contribution in [0.3, 0.4) is 0 Å². The fourth-order valence-electron chi connectivity index (χ4n) is 3.27. The lowest BCUT2D eigenvalue weighted by Crippen LogP contribution is -2.44. The first-order valence-corrected chi connectivity index (χ1v) is 9.54. The fourth-order valence-corrected chi connectivity index (χ4v) is 3.27. The minimum Gasteiger partial charge on any atom is -0.396 e. The standard InChI is InChI=1S/C20H29N5O2/c1-2-21-19(23-15-20(8-12-26)9-13-27-16-20)22-14-17-4-6-18(7-5-17)25-11-3-10-24-25/h3-7,10-11,26H,2,8-9,12-16H2,1H3,(H2,21,22,23). The number of nitrogens with one attached hydrogen (secondary N) is 2. The second-order valence-electron chi connectivity index (χ2n) is 6.94. The van der Waals surface area contributed by atoms with Crippen molar-refractivity contribution in [3.8, 4) is 5.69 Å². The minimum atomic E-state index is -0.00362. The van der Waals surface area contributed by atoms with Gasteiger partial charge in [0.25, 0.3) is 0 Å². The lowest BCUT2D eigenvalue weighted by molar-refractivity contribution is 0.127. The number of aliphatic imine (C=N–C) groups is 1. The van der Waals surface area contributed by atoms with Gasteiger partial charge in [-0.2, -0.15) is 5.10 Å². The van der Waals surface area contributed by atoms with Gasteiger partial charge in [0.1, 0.15) is 0 Å². The highest BCUT2D eigenvalue weighted by molar-refractivity contribution is 5.79. The summed E-state index contributed by atoms with van der Waals surface area (Å²) in [5.74, 6) is 0.790. The third-order valence-corrected chi connectivity index (χ3v) is 4.93. The van der Waals surface area contributed by atoms with Gasteiger partial charge in [0.2, 0.25) is 0 Å². The van der Waals surface area contributed by atoms with Crippen molar-refractivity contribution in [2.75, 3.05) is 32.9 Å². The lowest BCUT2D eigenvalue weighted by atomic mass is 9.84. The summed E-state index contributed by atoms with van der Waals surface area (Å²) in [6.45, 7) is 5.83. The van der Waals surface area contributed by atoms with E-state index in [4.69, 9.17) is 9.73 Å². The maximum absolute atomic E-state index is 9.37. The molecule has 2 heterocycles. The first kappa shape index (κ1) is 19.4. The van der Waals surface area contributed by atoms with Crippen LogP contribution in [0.2, 0.25) is 0 Å². The van der Waals surface area contributed by atoms with Crippen LogP contribution in [0.1, 0.15) is 25.3 Å². The number of aliphatic hydroxyl groups excluding tert-OH is 1. The Kier molecular flexibility index (Phi) is 6.84. The summed E-state index contributed by atoms with van der Waals surface area (Å²) < 4.78 is 7.39. The van der Waals surface area contributed by atoms with E-state index in [0.29, 0.717) is 13.2 Å². The van der Waals surface area contributed by atoms with E-state index in [1.54, 1.807) is 6.20 Å². The predicted molar refractivity (Wildman–Crippen MR) is 106 cm³/mol. The average Bonchev–Trinajstić information content (AvgIpc) is 3.37. The van der Waals surface area contributed by atoms with Crippen LogP contribution >= 0.6 is 0 Å². The first-order valence-electron chi connectivity index (χ1n) is 9.54. The molecular formula is C20H29N5O2. The Hall–Kier alpha value is -2.38. The topological polar surface area (TPSA) is 83.7 Å². The van der Waals surface area contributed by atoms with Crippen LogP contribution in [0.4, 0.5) is 0 Å². The summed E-state index contributed by atoms with van der Waals surface area (Å²) in [5.41, 5.74) is 2.17. The zero-order valence-corrected chi connectivity index (χ0v) is 15.9. The van der Waals surface area contributed by atoms with Crippen LogP contribution < -0.4 is 10.6 Å². The Morgan fingerprint density at radius 3 is 2.81 bits per heavy atom. The number of hydrogen-bond donors (Lipinski definition) is 3. The molecule has 1 aromatic carbocycles. The lowest BCUT2D eigenvalue weighted by Gasteiger charge is -2.27. The molecule has 0 saturated carbocycles. The number of ether oxygens (including phenoxy) is 1. The molecule has 0 bridgehead atoms. The summed E-state index contributed by atoms with van der Waals surface area (Å²) in [6, 6.07) is 10.1. The van der Waals surface area contributed by atoms with Crippen LogP contribution in [0.25, 0.3) is 5.69 Å².